The molecule has 0 unspecified atom stereocenters. The molecule has 35 heavy (non-hydrogen) atoms. The van der Waals surface area contributed by atoms with E-state index in [1.165, 1.54) is 15.9 Å². The maximum absolute atomic E-state index is 13.6. The van der Waals surface area contributed by atoms with Crippen molar-refractivity contribution in [1.82, 2.24) is 4.57 Å². The zero-order chi connectivity index (χ0) is 24.9. The largest absolute Gasteiger partial charge is 0.496 e. The number of carbonyl (C=O) groups is 1. The van der Waals surface area contributed by atoms with E-state index in [2.05, 4.69) is 4.99 Å². The van der Waals surface area contributed by atoms with E-state index in [1.807, 2.05) is 24.3 Å². The number of rotatable bonds is 7. The van der Waals surface area contributed by atoms with Crippen LogP contribution in [0.3, 0.4) is 0 Å². The number of benzene rings is 2. The zero-order valence-corrected chi connectivity index (χ0v) is 20.3. The van der Waals surface area contributed by atoms with Gasteiger partial charge in [-0.2, -0.15) is 5.26 Å². The average Bonchev–Trinajstić information content (AvgIpc) is 3.17. The monoisotopic (exact) mass is 489 g/mol. The van der Waals surface area contributed by atoms with E-state index in [0.717, 1.165) is 5.56 Å². The van der Waals surface area contributed by atoms with Crippen molar-refractivity contribution in [2.75, 3.05) is 20.3 Å². The van der Waals surface area contributed by atoms with Gasteiger partial charge in [0.1, 0.15) is 23.6 Å². The van der Waals surface area contributed by atoms with Crippen molar-refractivity contribution >= 4 is 23.4 Å². The molecule has 0 spiro atoms. The van der Waals surface area contributed by atoms with E-state index in [0.29, 0.717) is 37.7 Å². The number of para-hydroxylation sites is 1. The number of carbonyl (C=O) groups excluding carboxylic acids is 1. The van der Waals surface area contributed by atoms with E-state index in [4.69, 9.17) is 19.5 Å². The first kappa shape index (κ1) is 24.0. The first-order chi connectivity index (χ1) is 17.0. The van der Waals surface area contributed by atoms with Gasteiger partial charge in [0.25, 0.3) is 5.56 Å². The summed E-state index contributed by atoms with van der Waals surface area (Å²) in [7, 11) is 1.55. The molecule has 2 aromatic carbocycles. The smallest absolute Gasteiger partial charge is 0.338 e. The minimum atomic E-state index is -0.745. The Balaban J connectivity index is 1.88. The molecular formula is C26H23N3O5S. The van der Waals surface area contributed by atoms with Crippen molar-refractivity contribution in [2.24, 2.45) is 4.99 Å². The SMILES string of the molecule is CCOC(=O)C1=C(C)N=c2s/c(=C\c3ccc(OCC#N)cc3)c(=O)n2[C@@H]1c1ccccc1OC. The normalized spacial score (nSPS) is 15.1. The fraction of sp³-hybridized carbons (Fsp3) is 0.231. The standard InChI is InChI=1S/C26H23N3O5S/c1-4-33-25(31)22-16(2)28-26-29(23(22)19-7-5-6-8-20(19)32-3)24(30)21(35-26)15-17-9-11-18(12-10-17)34-14-13-27/h5-12,15,23H,4,14H2,1-3H3/b21-15-/t23-/m1/s1. The van der Waals surface area contributed by atoms with Crippen molar-refractivity contribution in [3.8, 4) is 17.6 Å². The summed E-state index contributed by atoms with van der Waals surface area (Å²) in [5.41, 5.74) is 1.97. The Bertz CT molecular complexity index is 1510. The van der Waals surface area contributed by atoms with Crippen LogP contribution in [0.2, 0.25) is 0 Å². The molecule has 0 N–H and O–H groups in total. The second kappa shape index (κ2) is 10.4. The molecule has 0 radical (unpaired) electrons. The van der Waals surface area contributed by atoms with Crippen molar-refractivity contribution in [3.63, 3.8) is 0 Å². The molecule has 8 nitrogen and oxygen atoms in total. The fourth-order valence-electron chi connectivity index (χ4n) is 3.91. The van der Waals surface area contributed by atoms with Crippen LogP contribution in [0.4, 0.5) is 0 Å². The molecule has 4 rings (SSSR count). The number of allylic oxidation sites excluding steroid dienone is 1. The van der Waals surface area contributed by atoms with Crippen LogP contribution in [0.25, 0.3) is 6.08 Å². The van der Waals surface area contributed by atoms with Crippen LogP contribution >= 0.6 is 11.3 Å². The first-order valence-corrected chi connectivity index (χ1v) is 11.7. The molecule has 0 bridgehead atoms. The van der Waals surface area contributed by atoms with Crippen LogP contribution < -0.4 is 24.4 Å². The summed E-state index contributed by atoms with van der Waals surface area (Å²) in [5, 5.41) is 8.66. The Morgan fingerprint density at radius 2 is 1.97 bits per heavy atom. The third-order valence-corrected chi connectivity index (χ3v) is 6.41. The van der Waals surface area contributed by atoms with Gasteiger partial charge in [0, 0.05) is 5.56 Å². The highest BCUT2D eigenvalue weighted by atomic mass is 32.1. The summed E-state index contributed by atoms with van der Waals surface area (Å²) < 4.78 is 18.2. The Hall–Kier alpha value is -4.16. The topological polar surface area (TPSA) is 103 Å². The lowest BCUT2D eigenvalue weighted by atomic mass is 9.95. The average molecular weight is 490 g/mol. The summed E-state index contributed by atoms with van der Waals surface area (Å²) in [6, 6.07) is 15.5. The van der Waals surface area contributed by atoms with E-state index < -0.39 is 12.0 Å². The molecular weight excluding hydrogens is 466 g/mol. The number of nitriles is 1. The molecule has 1 aromatic heterocycles. The van der Waals surface area contributed by atoms with E-state index in [1.54, 1.807) is 57.4 Å². The molecule has 1 atom stereocenters. The first-order valence-electron chi connectivity index (χ1n) is 10.9. The number of nitrogens with zero attached hydrogens (tertiary/aromatic N) is 3. The molecule has 0 fully saturated rings. The Morgan fingerprint density at radius 3 is 2.66 bits per heavy atom. The number of ether oxygens (including phenoxy) is 3. The van der Waals surface area contributed by atoms with Gasteiger partial charge in [-0.05, 0) is 43.7 Å². The molecule has 0 saturated heterocycles. The number of hydrogen-bond acceptors (Lipinski definition) is 8. The lowest BCUT2D eigenvalue weighted by molar-refractivity contribution is -0.139. The molecule has 178 valence electrons. The van der Waals surface area contributed by atoms with E-state index in [-0.39, 0.29) is 18.8 Å². The van der Waals surface area contributed by atoms with Crippen molar-refractivity contribution in [2.45, 2.75) is 19.9 Å². The van der Waals surface area contributed by atoms with E-state index in [9.17, 15) is 9.59 Å². The Morgan fingerprint density at radius 1 is 1.23 bits per heavy atom. The van der Waals surface area contributed by atoms with Gasteiger partial charge < -0.3 is 14.2 Å². The molecule has 0 aliphatic carbocycles. The number of esters is 1. The number of hydrogen-bond donors (Lipinski definition) is 0. The molecule has 0 amide bonds. The number of fused-ring (bicyclic) bond motifs is 1. The third kappa shape index (κ3) is 4.74. The summed E-state index contributed by atoms with van der Waals surface area (Å²) in [4.78, 5) is 31.7. The van der Waals surface area contributed by atoms with Crippen LogP contribution in [0, 0.1) is 11.3 Å². The van der Waals surface area contributed by atoms with Crippen molar-refractivity contribution in [3.05, 3.63) is 90.6 Å². The summed E-state index contributed by atoms with van der Waals surface area (Å²) in [5.74, 6) is 0.597. The van der Waals surface area contributed by atoms with Gasteiger partial charge in [-0.15, -0.1) is 0 Å². The van der Waals surface area contributed by atoms with Gasteiger partial charge in [0.2, 0.25) is 0 Å². The number of thiazole rings is 1. The van der Waals surface area contributed by atoms with Gasteiger partial charge in [-0.1, -0.05) is 41.7 Å². The second-order valence-corrected chi connectivity index (χ2v) is 8.57. The Labute approximate surface area is 205 Å². The van der Waals surface area contributed by atoms with Gasteiger partial charge in [-0.3, -0.25) is 9.36 Å². The molecule has 3 aromatic rings. The lowest BCUT2D eigenvalue weighted by Gasteiger charge is -2.25. The zero-order valence-electron chi connectivity index (χ0n) is 19.5. The minimum absolute atomic E-state index is 0.0386. The highest BCUT2D eigenvalue weighted by molar-refractivity contribution is 7.07. The van der Waals surface area contributed by atoms with Crippen LogP contribution in [0.1, 0.15) is 31.0 Å². The molecule has 9 heteroatoms. The van der Waals surface area contributed by atoms with E-state index >= 15 is 0 Å². The second-order valence-electron chi connectivity index (χ2n) is 7.56. The van der Waals surface area contributed by atoms with Crippen LogP contribution in [0.5, 0.6) is 11.5 Å². The van der Waals surface area contributed by atoms with Gasteiger partial charge in [-0.25, -0.2) is 9.79 Å². The van der Waals surface area contributed by atoms with Crippen molar-refractivity contribution in [1.29, 1.82) is 5.26 Å². The highest BCUT2D eigenvalue weighted by Gasteiger charge is 2.34. The van der Waals surface area contributed by atoms with Crippen molar-refractivity contribution < 1.29 is 19.0 Å². The van der Waals surface area contributed by atoms with Crippen LogP contribution in [-0.2, 0) is 9.53 Å². The maximum Gasteiger partial charge on any atom is 0.338 e. The lowest BCUT2D eigenvalue weighted by Crippen LogP contribution is -2.40. The molecule has 1 aliphatic rings. The van der Waals surface area contributed by atoms with Gasteiger partial charge in [0.05, 0.1) is 29.5 Å². The van der Waals surface area contributed by atoms with Crippen LogP contribution in [-0.4, -0.2) is 30.9 Å². The van der Waals surface area contributed by atoms with Crippen LogP contribution in [0.15, 0.2) is 69.6 Å². The number of methoxy groups -OCH3 is 1. The third-order valence-electron chi connectivity index (χ3n) is 5.43. The quantitative estimate of drug-likeness (QED) is 0.473. The minimum Gasteiger partial charge on any atom is -0.496 e. The predicted molar refractivity (Wildman–Crippen MR) is 131 cm³/mol. The molecule has 1 aliphatic heterocycles. The predicted octanol–water partition coefficient (Wildman–Crippen LogP) is 2.71. The van der Waals surface area contributed by atoms with Gasteiger partial charge >= 0.3 is 5.97 Å². The highest BCUT2D eigenvalue weighted by Crippen LogP contribution is 2.35. The summed E-state index contributed by atoms with van der Waals surface area (Å²) >= 11 is 1.24. The van der Waals surface area contributed by atoms with Gasteiger partial charge in [0.15, 0.2) is 11.4 Å². The molecule has 2 heterocycles. The Kier molecular flexibility index (Phi) is 7.13. The molecule has 0 saturated carbocycles. The summed E-state index contributed by atoms with van der Waals surface area (Å²) in [6.45, 7) is 3.64. The number of aromatic nitrogens is 1. The summed E-state index contributed by atoms with van der Waals surface area (Å²) in [6.07, 6.45) is 1.76. The maximum atomic E-state index is 13.6. The fourth-order valence-corrected chi connectivity index (χ4v) is 4.95.